The number of ether oxygens (including phenoxy) is 2. The van der Waals surface area contributed by atoms with Crippen LogP contribution in [0.4, 0.5) is 0 Å². The molecule has 5 nitrogen and oxygen atoms in total. The zero-order chi connectivity index (χ0) is 15.8. The minimum atomic E-state index is -0.649. The van der Waals surface area contributed by atoms with Gasteiger partial charge in [-0.1, -0.05) is 32.9 Å². The van der Waals surface area contributed by atoms with Crippen molar-refractivity contribution in [3.05, 3.63) is 23.8 Å². The molecule has 0 saturated heterocycles. The number of primary amides is 1. The van der Waals surface area contributed by atoms with E-state index < -0.39 is 12.0 Å². The maximum Gasteiger partial charge on any atom is 0.258 e. The summed E-state index contributed by atoms with van der Waals surface area (Å²) >= 11 is 0. The summed E-state index contributed by atoms with van der Waals surface area (Å²) in [4.78, 5) is 11.4. The van der Waals surface area contributed by atoms with Gasteiger partial charge in [-0.2, -0.15) is 0 Å². The number of nitrogens with one attached hydrogen (secondary N) is 1. The van der Waals surface area contributed by atoms with Gasteiger partial charge in [0.15, 0.2) is 17.6 Å². The lowest BCUT2D eigenvalue weighted by Crippen LogP contribution is -2.33. The van der Waals surface area contributed by atoms with Gasteiger partial charge in [0.1, 0.15) is 0 Å². The third kappa shape index (κ3) is 5.27. The molecule has 5 heteroatoms. The maximum absolute atomic E-state index is 11.4. The van der Waals surface area contributed by atoms with E-state index in [1.54, 1.807) is 0 Å². The van der Waals surface area contributed by atoms with Crippen LogP contribution < -0.4 is 20.5 Å². The standard InChI is InChI=1S/C16H26N2O3/c1-5-13(16(17)19)21-15-12(10-18-11(3)4)8-7-9-14(15)20-6-2/h7-9,11,13,18H,5-6,10H2,1-4H3,(H2,17,19). The molecule has 1 amide bonds. The Hall–Kier alpha value is -1.75. The Morgan fingerprint density at radius 1 is 1.33 bits per heavy atom. The second kappa shape index (κ2) is 8.52. The molecule has 1 unspecified atom stereocenters. The second-order valence-corrected chi connectivity index (χ2v) is 5.13. The average molecular weight is 294 g/mol. The van der Waals surface area contributed by atoms with Crippen molar-refractivity contribution in [1.82, 2.24) is 5.32 Å². The molecule has 0 aliphatic rings. The fourth-order valence-electron chi connectivity index (χ4n) is 1.90. The Kier molecular flexibility index (Phi) is 7.02. The molecule has 0 radical (unpaired) electrons. The topological polar surface area (TPSA) is 73.6 Å². The average Bonchev–Trinajstić information content (AvgIpc) is 2.43. The van der Waals surface area contributed by atoms with Gasteiger partial charge < -0.3 is 20.5 Å². The molecule has 0 aromatic heterocycles. The fourth-order valence-corrected chi connectivity index (χ4v) is 1.90. The Morgan fingerprint density at radius 2 is 2.05 bits per heavy atom. The van der Waals surface area contributed by atoms with Crippen LogP contribution in [-0.2, 0) is 11.3 Å². The van der Waals surface area contributed by atoms with Crippen molar-refractivity contribution in [2.45, 2.75) is 52.8 Å². The number of carbonyl (C=O) groups is 1. The largest absolute Gasteiger partial charge is 0.490 e. The van der Waals surface area contributed by atoms with E-state index in [-0.39, 0.29) is 0 Å². The number of hydrogen-bond acceptors (Lipinski definition) is 4. The van der Waals surface area contributed by atoms with Gasteiger partial charge in [0.05, 0.1) is 6.61 Å². The van der Waals surface area contributed by atoms with E-state index in [0.717, 1.165) is 5.56 Å². The molecule has 1 rings (SSSR count). The first-order valence-corrected chi connectivity index (χ1v) is 7.43. The molecule has 21 heavy (non-hydrogen) atoms. The smallest absolute Gasteiger partial charge is 0.258 e. The lowest BCUT2D eigenvalue weighted by molar-refractivity contribution is -0.124. The summed E-state index contributed by atoms with van der Waals surface area (Å²) < 4.78 is 11.4. The van der Waals surface area contributed by atoms with E-state index >= 15 is 0 Å². The molecule has 0 bridgehead atoms. The predicted octanol–water partition coefficient (Wildman–Crippen LogP) is 2.23. The molecule has 1 aromatic rings. The molecule has 0 aliphatic heterocycles. The lowest BCUT2D eigenvalue weighted by Gasteiger charge is -2.20. The molecule has 3 N–H and O–H groups in total. The summed E-state index contributed by atoms with van der Waals surface area (Å²) in [5.74, 6) is 0.768. The Bertz CT molecular complexity index is 461. The summed E-state index contributed by atoms with van der Waals surface area (Å²) in [7, 11) is 0. The van der Waals surface area contributed by atoms with Gasteiger partial charge in [-0.05, 0) is 19.4 Å². The zero-order valence-corrected chi connectivity index (χ0v) is 13.3. The van der Waals surface area contributed by atoms with Crippen molar-refractivity contribution < 1.29 is 14.3 Å². The Labute approximate surface area is 126 Å². The third-order valence-corrected chi connectivity index (χ3v) is 3.01. The SMILES string of the molecule is CCOc1cccc(CNC(C)C)c1OC(CC)C(N)=O. The van der Waals surface area contributed by atoms with Crippen LogP contribution in [-0.4, -0.2) is 24.7 Å². The highest BCUT2D eigenvalue weighted by Gasteiger charge is 2.20. The van der Waals surface area contributed by atoms with Crippen molar-refractivity contribution >= 4 is 5.91 Å². The van der Waals surface area contributed by atoms with Crippen LogP contribution in [0.25, 0.3) is 0 Å². The van der Waals surface area contributed by atoms with Gasteiger partial charge >= 0.3 is 0 Å². The molecular weight excluding hydrogens is 268 g/mol. The summed E-state index contributed by atoms with van der Waals surface area (Å²) in [6.07, 6.45) is -0.128. The van der Waals surface area contributed by atoms with Crippen LogP contribution in [0.2, 0.25) is 0 Å². The van der Waals surface area contributed by atoms with E-state index in [2.05, 4.69) is 19.2 Å². The molecular formula is C16H26N2O3. The van der Waals surface area contributed by atoms with Gasteiger partial charge in [-0.25, -0.2) is 0 Å². The van der Waals surface area contributed by atoms with E-state index in [4.69, 9.17) is 15.2 Å². The summed E-state index contributed by atoms with van der Waals surface area (Å²) in [5.41, 5.74) is 6.32. The maximum atomic E-state index is 11.4. The van der Waals surface area contributed by atoms with Crippen molar-refractivity contribution in [2.75, 3.05) is 6.61 Å². The van der Waals surface area contributed by atoms with E-state index in [1.165, 1.54) is 0 Å². The number of para-hydroxylation sites is 1. The first kappa shape index (κ1) is 17.3. The van der Waals surface area contributed by atoms with Crippen molar-refractivity contribution in [3.8, 4) is 11.5 Å². The monoisotopic (exact) mass is 294 g/mol. The predicted molar refractivity (Wildman–Crippen MR) is 83.5 cm³/mol. The summed E-state index contributed by atoms with van der Waals surface area (Å²) in [6, 6.07) is 6.07. The van der Waals surface area contributed by atoms with Gasteiger partial charge in [0.25, 0.3) is 5.91 Å². The molecule has 0 heterocycles. The first-order valence-electron chi connectivity index (χ1n) is 7.43. The lowest BCUT2D eigenvalue weighted by atomic mass is 10.1. The zero-order valence-electron chi connectivity index (χ0n) is 13.3. The van der Waals surface area contributed by atoms with Crippen molar-refractivity contribution in [2.24, 2.45) is 5.73 Å². The van der Waals surface area contributed by atoms with E-state index in [9.17, 15) is 4.79 Å². The van der Waals surface area contributed by atoms with Gasteiger partial charge in [-0.15, -0.1) is 0 Å². The Balaban J connectivity index is 3.06. The minimum Gasteiger partial charge on any atom is -0.490 e. The molecule has 0 fully saturated rings. The van der Waals surface area contributed by atoms with Gasteiger partial charge in [0, 0.05) is 18.2 Å². The molecule has 1 aromatic carbocycles. The Morgan fingerprint density at radius 3 is 2.57 bits per heavy atom. The molecule has 0 saturated carbocycles. The first-order chi connectivity index (χ1) is 9.99. The van der Waals surface area contributed by atoms with Gasteiger partial charge in [0.2, 0.25) is 0 Å². The summed E-state index contributed by atoms with van der Waals surface area (Å²) in [6.45, 7) is 9.10. The van der Waals surface area contributed by atoms with Crippen LogP contribution in [0.1, 0.15) is 39.7 Å². The summed E-state index contributed by atoms with van der Waals surface area (Å²) in [5, 5.41) is 3.34. The van der Waals surface area contributed by atoms with Crippen LogP contribution in [0.15, 0.2) is 18.2 Å². The normalized spacial score (nSPS) is 12.2. The van der Waals surface area contributed by atoms with Crippen LogP contribution in [0.3, 0.4) is 0 Å². The molecule has 118 valence electrons. The minimum absolute atomic E-state index is 0.353. The highest BCUT2D eigenvalue weighted by Crippen LogP contribution is 2.32. The number of hydrogen-bond donors (Lipinski definition) is 2. The van der Waals surface area contributed by atoms with Crippen LogP contribution in [0.5, 0.6) is 11.5 Å². The number of benzene rings is 1. The van der Waals surface area contributed by atoms with E-state index in [1.807, 2.05) is 32.0 Å². The van der Waals surface area contributed by atoms with Crippen LogP contribution in [0, 0.1) is 0 Å². The second-order valence-electron chi connectivity index (χ2n) is 5.13. The highest BCUT2D eigenvalue weighted by atomic mass is 16.5. The third-order valence-electron chi connectivity index (χ3n) is 3.01. The molecule has 0 spiro atoms. The quantitative estimate of drug-likeness (QED) is 0.732. The van der Waals surface area contributed by atoms with Crippen LogP contribution >= 0.6 is 0 Å². The molecule has 0 aliphatic carbocycles. The van der Waals surface area contributed by atoms with Crippen molar-refractivity contribution in [1.29, 1.82) is 0 Å². The van der Waals surface area contributed by atoms with E-state index in [0.29, 0.717) is 37.1 Å². The fraction of sp³-hybridized carbons (Fsp3) is 0.562. The number of nitrogens with two attached hydrogens (primary N) is 1. The number of rotatable bonds is 9. The van der Waals surface area contributed by atoms with Gasteiger partial charge in [-0.3, -0.25) is 4.79 Å². The highest BCUT2D eigenvalue weighted by molar-refractivity contribution is 5.79. The molecule has 1 atom stereocenters. The van der Waals surface area contributed by atoms with Crippen molar-refractivity contribution in [3.63, 3.8) is 0 Å². The number of carbonyl (C=O) groups excluding carboxylic acids is 1. The number of amides is 1.